The first kappa shape index (κ1) is 19.5. The Bertz CT molecular complexity index is 763. The second kappa shape index (κ2) is 9.07. The monoisotopic (exact) mass is 384 g/mol. The Labute approximate surface area is 156 Å². The first-order chi connectivity index (χ1) is 12.0. The molecule has 0 atom stereocenters. The molecular formula is C19H19Cl2FO3. The topological polar surface area (TPSA) is 35.5 Å². The van der Waals surface area contributed by atoms with Gasteiger partial charge < -0.3 is 9.47 Å². The van der Waals surface area contributed by atoms with Crippen LogP contribution in [0.15, 0.2) is 30.3 Å². The van der Waals surface area contributed by atoms with Gasteiger partial charge in [-0.05, 0) is 36.1 Å². The van der Waals surface area contributed by atoms with E-state index in [0.29, 0.717) is 28.5 Å². The van der Waals surface area contributed by atoms with Crippen molar-refractivity contribution in [1.82, 2.24) is 0 Å². The third kappa shape index (κ3) is 5.10. The molecule has 2 aromatic carbocycles. The zero-order chi connectivity index (χ0) is 18.4. The number of carbonyl (C=O) groups is 1. The second-order valence-electron chi connectivity index (χ2n) is 5.47. The maximum Gasteiger partial charge on any atom is 0.305 e. The van der Waals surface area contributed by atoms with E-state index in [-0.39, 0.29) is 24.7 Å². The van der Waals surface area contributed by atoms with Gasteiger partial charge in [0.2, 0.25) is 0 Å². The molecule has 0 saturated carbocycles. The van der Waals surface area contributed by atoms with E-state index < -0.39 is 5.82 Å². The summed E-state index contributed by atoms with van der Waals surface area (Å²) < 4.78 is 24.4. The molecule has 0 fully saturated rings. The Morgan fingerprint density at radius 2 is 1.92 bits per heavy atom. The molecule has 0 aliphatic rings. The average Bonchev–Trinajstić information content (AvgIpc) is 2.60. The lowest BCUT2D eigenvalue weighted by Crippen LogP contribution is -2.06. The summed E-state index contributed by atoms with van der Waals surface area (Å²) in [6.07, 6.45) is 1.33. The molecule has 3 nitrogen and oxygen atoms in total. The molecule has 2 rings (SSSR count). The molecule has 0 unspecified atom stereocenters. The minimum Gasteiger partial charge on any atom is -0.486 e. The molecule has 25 heavy (non-hydrogen) atoms. The van der Waals surface area contributed by atoms with Gasteiger partial charge in [-0.2, -0.15) is 0 Å². The van der Waals surface area contributed by atoms with Crippen LogP contribution in [0.2, 0.25) is 10.0 Å². The van der Waals surface area contributed by atoms with E-state index in [1.54, 1.807) is 12.1 Å². The van der Waals surface area contributed by atoms with Gasteiger partial charge in [0.1, 0.15) is 6.61 Å². The second-order valence-corrected chi connectivity index (χ2v) is 6.28. The lowest BCUT2D eigenvalue weighted by molar-refractivity contribution is -0.140. The predicted molar refractivity (Wildman–Crippen MR) is 96.9 cm³/mol. The fourth-order valence-electron chi connectivity index (χ4n) is 2.44. The third-order valence-corrected chi connectivity index (χ3v) is 4.60. The van der Waals surface area contributed by atoms with Crippen LogP contribution in [0.25, 0.3) is 0 Å². The van der Waals surface area contributed by atoms with Crippen molar-refractivity contribution in [2.24, 2.45) is 0 Å². The molecule has 0 aliphatic carbocycles. The van der Waals surface area contributed by atoms with Crippen LogP contribution in [0.3, 0.4) is 0 Å². The number of methoxy groups -OCH3 is 1. The van der Waals surface area contributed by atoms with E-state index in [0.717, 1.165) is 11.1 Å². The van der Waals surface area contributed by atoms with Gasteiger partial charge in [0.05, 0.1) is 7.11 Å². The van der Waals surface area contributed by atoms with Gasteiger partial charge in [0.25, 0.3) is 0 Å². The molecule has 0 N–H and O–H groups in total. The van der Waals surface area contributed by atoms with E-state index in [1.807, 2.05) is 13.0 Å². The van der Waals surface area contributed by atoms with E-state index in [2.05, 4.69) is 4.74 Å². The number of aryl methyl sites for hydroxylation is 2. The fourth-order valence-corrected chi connectivity index (χ4v) is 2.98. The number of esters is 1. The van der Waals surface area contributed by atoms with Gasteiger partial charge in [-0.15, -0.1) is 0 Å². The first-order valence-corrected chi connectivity index (χ1v) is 8.65. The lowest BCUT2D eigenvalue weighted by atomic mass is 10.0. The fraction of sp³-hybridized carbons (Fsp3) is 0.316. The first-order valence-electron chi connectivity index (χ1n) is 7.90. The Kier molecular flexibility index (Phi) is 7.09. The van der Waals surface area contributed by atoms with Crippen LogP contribution in [0.4, 0.5) is 4.39 Å². The summed E-state index contributed by atoms with van der Waals surface area (Å²) in [5.74, 6) is -0.703. The minimum atomic E-state index is -0.468. The van der Waals surface area contributed by atoms with Crippen LogP contribution >= 0.6 is 23.2 Å². The highest BCUT2D eigenvalue weighted by atomic mass is 35.5. The number of benzene rings is 2. The van der Waals surface area contributed by atoms with E-state index in [1.165, 1.54) is 19.2 Å². The largest absolute Gasteiger partial charge is 0.486 e. The summed E-state index contributed by atoms with van der Waals surface area (Å²) in [6, 6.07) is 8.23. The van der Waals surface area contributed by atoms with Gasteiger partial charge in [-0.3, -0.25) is 4.79 Å². The van der Waals surface area contributed by atoms with Crippen molar-refractivity contribution in [2.75, 3.05) is 7.11 Å². The number of ether oxygens (including phenoxy) is 2. The Balaban J connectivity index is 2.18. The molecular weight excluding hydrogens is 366 g/mol. The molecule has 0 aromatic heterocycles. The highest BCUT2D eigenvalue weighted by Gasteiger charge is 2.13. The van der Waals surface area contributed by atoms with Crippen LogP contribution < -0.4 is 4.74 Å². The molecule has 134 valence electrons. The third-order valence-electron chi connectivity index (χ3n) is 3.90. The maximum absolute atomic E-state index is 14.1. The zero-order valence-corrected chi connectivity index (χ0v) is 15.6. The predicted octanol–water partition coefficient (Wildman–Crippen LogP) is 5.38. The number of hydrogen-bond acceptors (Lipinski definition) is 3. The normalized spacial score (nSPS) is 10.6. The lowest BCUT2D eigenvalue weighted by Gasteiger charge is -2.14. The summed E-state index contributed by atoms with van der Waals surface area (Å²) in [5.41, 5.74) is 2.29. The van der Waals surface area contributed by atoms with Gasteiger partial charge in [-0.25, -0.2) is 4.39 Å². The van der Waals surface area contributed by atoms with Crippen molar-refractivity contribution in [2.45, 2.75) is 32.8 Å². The van der Waals surface area contributed by atoms with Crippen LogP contribution in [-0.4, -0.2) is 13.1 Å². The molecule has 6 heteroatoms. The summed E-state index contributed by atoms with van der Waals surface area (Å²) in [6.45, 7) is 1.98. The van der Waals surface area contributed by atoms with Crippen molar-refractivity contribution >= 4 is 29.2 Å². The Hall–Kier alpha value is -1.78. The summed E-state index contributed by atoms with van der Waals surface area (Å²) in [4.78, 5) is 11.4. The molecule has 0 aliphatic heterocycles. The smallest absolute Gasteiger partial charge is 0.305 e. The van der Waals surface area contributed by atoms with Gasteiger partial charge in [-0.1, -0.05) is 42.3 Å². The summed E-state index contributed by atoms with van der Waals surface area (Å²) >= 11 is 12.4. The highest BCUT2D eigenvalue weighted by Crippen LogP contribution is 2.29. The van der Waals surface area contributed by atoms with Crippen molar-refractivity contribution in [3.05, 3.63) is 62.9 Å². The summed E-state index contributed by atoms with van der Waals surface area (Å²) in [5, 5.41) is 0.961. The van der Waals surface area contributed by atoms with Crippen molar-refractivity contribution in [3.8, 4) is 5.75 Å². The minimum absolute atomic E-state index is 0.0704. The van der Waals surface area contributed by atoms with Crippen molar-refractivity contribution in [3.63, 3.8) is 0 Å². The summed E-state index contributed by atoms with van der Waals surface area (Å²) in [7, 11) is 1.34. The van der Waals surface area contributed by atoms with Gasteiger partial charge >= 0.3 is 5.97 Å². The van der Waals surface area contributed by atoms with Crippen LogP contribution in [0.5, 0.6) is 5.75 Å². The van der Waals surface area contributed by atoms with E-state index in [9.17, 15) is 9.18 Å². The van der Waals surface area contributed by atoms with Gasteiger partial charge in [0.15, 0.2) is 11.6 Å². The zero-order valence-electron chi connectivity index (χ0n) is 14.1. The molecule has 0 amide bonds. The molecule has 0 radical (unpaired) electrons. The number of hydrogen-bond donors (Lipinski definition) is 0. The van der Waals surface area contributed by atoms with Gasteiger partial charge in [0, 0.05) is 28.1 Å². The molecule has 2 aromatic rings. The highest BCUT2D eigenvalue weighted by molar-refractivity contribution is 6.31. The van der Waals surface area contributed by atoms with Crippen molar-refractivity contribution in [1.29, 1.82) is 0 Å². The van der Waals surface area contributed by atoms with Crippen LogP contribution in [0.1, 0.15) is 30.0 Å². The molecule has 0 bridgehead atoms. The Morgan fingerprint density at radius 3 is 2.60 bits per heavy atom. The average molecular weight is 385 g/mol. The van der Waals surface area contributed by atoms with Crippen LogP contribution in [-0.2, 0) is 29.0 Å². The quantitative estimate of drug-likeness (QED) is 0.601. The standard InChI is InChI=1S/C19H19Cl2FO3/c1-3-12-9-17(22)18(10-16(12)21)25-11-14-13(5-4-6-15(14)20)7-8-19(23)24-2/h4-6,9-10H,3,7-8,11H2,1-2H3. The number of halogens is 3. The van der Waals surface area contributed by atoms with E-state index >= 15 is 0 Å². The Morgan fingerprint density at radius 1 is 1.16 bits per heavy atom. The van der Waals surface area contributed by atoms with Crippen molar-refractivity contribution < 1.29 is 18.7 Å². The SMILES string of the molecule is CCc1cc(F)c(OCc2c(Cl)cccc2CCC(=O)OC)cc1Cl. The van der Waals surface area contributed by atoms with E-state index in [4.69, 9.17) is 27.9 Å². The molecule has 0 spiro atoms. The number of carbonyl (C=O) groups excluding carboxylic acids is 1. The maximum atomic E-state index is 14.1. The van der Waals surface area contributed by atoms with Crippen LogP contribution in [0, 0.1) is 5.82 Å². The molecule has 0 saturated heterocycles. The number of rotatable bonds is 7. The molecule has 0 heterocycles.